The monoisotopic (exact) mass is 236 g/mol. The summed E-state index contributed by atoms with van der Waals surface area (Å²) in [7, 11) is 1.82. The quantitative estimate of drug-likeness (QED) is 0.794. The normalized spacial score (nSPS) is 25.2. The average molecular weight is 236 g/mol. The first kappa shape index (κ1) is 11.5. The van der Waals surface area contributed by atoms with Crippen molar-refractivity contribution < 1.29 is 4.79 Å². The van der Waals surface area contributed by atoms with E-state index in [-0.39, 0.29) is 18.0 Å². The van der Waals surface area contributed by atoms with E-state index in [0.717, 1.165) is 5.56 Å². The third kappa shape index (κ3) is 1.95. The lowest BCUT2D eigenvalue weighted by Gasteiger charge is -2.23. The smallest absolute Gasteiger partial charge is 0.224 e. The van der Waals surface area contributed by atoms with Crippen LogP contribution in [-0.2, 0) is 4.79 Å². The maximum absolute atomic E-state index is 11.5. The summed E-state index contributed by atoms with van der Waals surface area (Å²) in [6.07, 6.45) is 2.50. The van der Waals surface area contributed by atoms with Gasteiger partial charge in [-0.15, -0.1) is 11.8 Å². The number of hydrogen-bond donors (Lipinski definition) is 1. The van der Waals surface area contributed by atoms with Gasteiger partial charge in [-0.2, -0.15) is 0 Å². The molecule has 2 unspecified atom stereocenters. The van der Waals surface area contributed by atoms with Crippen LogP contribution in [0.25, 0.3) is 0 Å². The van der Waals surface area contributed by atoms with E-state index >= 15 is 0 Å². The van der Waals surface area contributed by atoms with Gasteiger partial charge in [0.25, 0.3) is 0 Å². The second-order valence-electron chi connectivity index (χ2n) is 4.09. The molecule has 0 aliphatic carbocycles. The number of thioether (sulfide) groups is 1. The maximum Gasteiger partial charge on any atom is 0.224 e. The van der Waals surface area contributed by atoms with Crippen molar-refractivity contribution in [1.82, 2.24) is 4.90 Å². The van der Waals surface area contributed by atoms with Crippen LogP contribution in [0.3, 0.4) is 0 Å². The Bertz CT molecular complexity index is 391. The number of likely N-dealkylation sites (N-methyl/N-ethyl adjacent to an activating group) is 1. The molecule has 2 atom stereocenters. The third-order valence-electron chi connectivity index (χ3n) is 3.08. The Labute approximate surface area is 100.0 Å². The second-order valence-corrected chi connectivity index (χ2v) is 4.97. The van der Waals surface area contributed by atoms with Gasteiger partial charge >= 0.3 is 0 Å². The van der Waals surface area contributed by atoms with Crippen molar-refractivity contribution in [1.29, 1.82) is 0 Å². The van der Waals surface area contributed by atoms with Gasteiger partial charge in [0.05, 0.1) is 6.04 Å². The Morgan fingerprint density at radius 3 is 2.44 bits per heavy atom. The molecule has 1 fully saturated rings. The largest absolute Gasteiger partial charge is 0.337 e. The lowest BCUT2D eigenvalue weighted by molar-refractivity contribution is -0.127. The SMILES string of the molecule is CSc1ccc(C2C(N)CC(=O)N2C)cc1. The minimum Gasteiger partial charge on any atom is -0.337 e. The first-order chi connectivity index (χ1) is 7.63. The van der Waals surface area contributed by atoms with E-state index in [0.29, 0.717) is 6.42 Å². The van der Waals surface area contributed by atoms with E-state index in [9.17, 15) is 4.79 Å². The zero-order valence-electron chi connectivity index (χ0n) is 9.51. The van der Waals surface area contributed by atoms with Gasteiger partial charge < -0.3 is 10.6 Å². The van der Waals surface area contributed by atoms with Crippen molar-refractivity contribution in [3.05, 3.63) is 29.8 Å². The predicted molar refractivity (Wildman–Crippen MR) is 66.3 cm³/mol. The molecule has 1 aliphatic heterocycles. The second kappa shape index (κ2) is 4.47. The van der Waals surface area contributed by atoms with Crippen LogP contribution in [-0.4, -0.2) is 30.2 Å². The molecule has 1 heterocycles. The van der Waals surface area contributed by atoms with Gasteiger partial charge in [-0.25, -0.2) is 0 Å². The highest BCUT2D eigenvalue weighted by atomic mass is 32.2. The van der Waals surface area contributed by atoms with Crippen molar-refractivity contribution in [2.75, 3.05) is 13.3 Å². The minimum absolute atomic E-state index is 0.0309. The molecule has 3 nitrogen and oxygen atoms in total. The summed E-state index contributed by atoms with van der Waals surface area (Å²) in [6, 6.07) is 8.21. The molecule has 0 radical (unpaired) electrons. The fourth-order valence-electron chi connectivity index (χ4n) is 2.17. The Kier molecular flexibility index (Phi) is 3.21. The molecule has 1 aromatic rings. The zero-order chi connectivity index (χ0) is 11.7. The Hall–Kier alpha value is -1.00. The molecule has 0 saturated carbocycles. The summed E-state index contributed by atoms with van der Waals surface area (Å²) in [5, 5.41) is 0. The molecule has 0 spiro atoms. The number of likely N-dealkylation sites (tertiary alicyclic amines) is 1. The highest BCUT2D eigenvalue weighted by Crippen LogP contribution is 2.31. The summed E-state index contributed by atoms with van der Waals surface area (Å²) >= 11 is 1.71. The van der Waals surface area contributed by atoms with Crippen LogP contribution in [0.1, 0.15) is 18.0 Å². The van der Waals surface area contributed by atoms with Crippen LogP contribution < -0.4 is 5.73 Å². The molecule has 0 bridgehead atoms. The van der Waals surface area contributed by atoms with Gasteiger partial charge in [0.2, 0.25) is 5.91 Å². The summed E-state index contributed by atoms with van der Waals surface area (Å²) in [5.74, 6) is 0.131. The molecule has 2 rings (SSSR count). The first-order valence-electron chi connectivity index (χ1n) is 5.28. The van der Waals surface area contributed by atoms with E-state index in [1.54, 1.807) is 16.7 Å². The van der Waals surface area contributed by atoms with Crippen LogP contribution in [0.2, 0.25) is 0 Å². The molecule has 0 aromatic heterocycles. The first-order valence-corrected chi connectivity index (χ1v) is 6.51. The summed E-state index contributed by atoms with van der Waals surface area (Å²) in [6.45, 7) is 0. The van der Waals surface area contributed by atoms with Crippen molar-refractivity contribution in [2.24, 2.45) is 5.73 Å². The minimum atomic E-state index is -0.0855. The molecule has 1 aliphatic rings. The molecule has 2 N–H and O–H groups in total. The molecule has 1 saturated heterocycles. The van der Waals surface area contributed by atoms with E-state index in [2.05, 4.69) is 24.3 Å². The molecule has 1 aromatic carbocycles. The number of rotatable bonds is 2. The van der Waals surface area contributed by atoms with Crippen molar-refractivity contribution in [3.63, 3.8) is 0 Å². The van der Waals surface area contributed by atoms with E-state index in [1.807, 2.05) is 13.3 Å². The van der Waals surface area contributed by atoms with Crippen LogP contribution in [0.15, 0.2) is 29.2 Å². The molecular formula is C12H16N2OS. The molecule has 1 amide bonds. The fourth-order valence-corrected chi connectivity index (χ4v) is 2.58. The average Bonchev–Trinajstić information content (AvgIpc) is 2.54. The molecular weight excluding hydrogens is 220 g/mol. The number of benzene rings is 1. The summed E-state index contributed by atoms with van der Waals surface area (Å²) in [4.78, 5) is 14.5. The Balaban J connectivity index is 2.26. The number of nitrogens with zero attached hydrogens (tertiary/aromatic N) is 1. The fraction of sp³-hybridized carbons (Fsp3) is 0.417. The van der Waals surface area contributed by atoms with Gasteiger partial charge in [0.15, 0.2) is 0 Å². The number of carbonyl (C=O) groups excluding carboxylic acids is 1. The summed E-state index contributed by atoms with van der Waals surface area (Å²) < 4.78 is 0. The third-order valence-corrected chi connectivity index (χ3v) is 3.83. The van der Waals surface area contributed by atoms with Crippen LogP contribution in [0.4, 0.5) is 0 Å². The van der Waals surface area contributed by atoms with E-state index in [1.165, 1.54) is 4.90 Å². The lowest BCUT2D eigenvalue weighted by Crippen LogP contribution is -2.30. The number of carbonyl (C=O) groups is 1. The molecule has 4 heteroatoms. The highest BCUT2D eigenvalue weighted by Gasteiger charge is 2.35. The number of hydrogen-bond acceptors (Lipinski definition) is 3. The topological polar surface area (TPSA) is 46.3 Å². The number of amides is 1. The molecule has 86 valence electrons. The molecule has 16 heavy (non-hydrogen) atoms. The van der Waals surface area contributed by atoms with Crippen LogP contribution >= 0.6 is 11.8 Å². The van der Waals surface area contributed by atoms with Gasteiger partial charge in [0.1, 0.15) is 0 Å². The van der Waals surface area contributed by atoms with Gasteiger partial charge in [-0.05, 0) is 24.0 Å². The van der Waals surface area contributed by atoms with Crippen LogP contribution in [0.5, 0.6) is 0 Å². The van der Waals surface area contributed by atoms with Crippen LogP contribution in [0, 0.1) is 0 Å². The Morgan fingerprint density at radius 2 is 2.00 bits per heavy atom. The maximum atomic E-state index is 11.5. The van der Waals surface area contributed by atoms with Gasteiger partial charge in [-0.1, -0.05) is 12.1 Å². The van der Waals surface area contributed by atoms with Crippen molar-refractivity contribution in [3.8, 4) is 0 Å². The lowest BCUT2D eigenvalue weighted by atomic mass is 10.0. The van der Waals surface area contributed by atoms with Crippen molar-refractivity contribution >= 4 is 17.7 Å². The summed E-state index contributed by atoms with van der Waals surface area (Å²) in [5.41, 5.74) is 7.12. The van der Waals surface area contributed by atoms with E-state index in [4.69, 9.17) is 5.73 Å². The standard InChI is InChI=1S/C12H16N2OS/c1-14-11(15)7-10(13)12(14)8-3-5-9(16-2)6-4-8/h3-6,10,12H,7,13H2,1-2H3. The van der Waals surface area contributed by atoms with Crippen molar-refractivity contribution in [2.45, 2.75) is 23.4 Å². The Morgan fingerprint density at radius 1 is 1.38 bits per heavy atom. The highest BCUT2D eigenvalue weighted by molar-refractivity contribution is 7.98. The zero-order valence-corrected chi connectivity index (χ0v) is 10.3. The van der Waals surface area contributed by atoms with Gasteiger partial charge in [-0.3, -0.25) is 4.79 Å². The number of nitrogens with two attached hydrogens (primary N) is 1. The van der Waals surface area contributed by atoms with Gasteiger partial charge in [0, 0.05) is 24.4 Å². The van der Waals surface area contributed by atoms with E-state index < -0.39 is 0 Å². The predicted octanol–water partition coefficient (Wildman–Crippen LogP) is 1.64.